The van der Waals surface area contributed by atoms with Crippen molar-refractivity contribution in [2.45, 2.75) is 52.6 Å². The first kappa shape index (κ1) is 15.1. The molecule has 21 heavy (non-hydrogen) atoms. The van der Waals surface area contributed by atoms with Crippen molar-refractivity contribution in [1.82, 2.24) is 10.2 Å². The number of hydrogen-bond donors (Lipinski definition) is 1. The molecule has 0 radical (unpaired) electrons. The van der Waals surface area contributed by atoms with Crippen molar-refractivity contribution >= 4 is 0 Å². The van der Waals surface area contributed by atoms with Gasteiger partial charge in [-0.15, -0.1) is 0 Å². The van der Waals surface area contributed by atoms with Gasteiger partial charge in [0.15, 0.2) is 0 Å². The number of nitrogens with zero attached hydrogens (tertiary/aromatic N) is 1. The zero-order valence-corrected chi connectivity index (χ0v) is 14.0. The number of piperazine rings is 1. The molecule has 1 aliphatic heterocycles. The fourth-order valence-corrected chi connectivity index (χ4v) is 3.43. The highest BCUT2D eigenvalue weighted by Crippen LogP contribution is 2.47. The molecule has 0 spiro atoms. The summed E-state index contributed by atoms with van der Waals surface area (Å²) in [4.78, 5) is 2.74. The smallest absolute Gasteiger partial charge is 0.0473 e. The molecule has 0 amide bonds. The maximum absolute atomic E-state index is 3.80. The molecule has 2 heteroatoms. The molecule has 0 bridgehead atoms. The van der Waals surface area contributed by atoms with Crippen LogP contribution in [0, 0.1) is 10.8 Å². The van der Waals surface area contributed by atoms with E-state index >= 15 is 0 Å². The zero-order chi connectivity index (χ0) is 15.1. The maximum atomic E-state index is 3.80. The van der Waals surface area contributed by atoms with Crippen molar-refractivity contribution in [2.24, 2.45) is 10.8 Å². The van der Waals surface area contributed by atoms with Crippen LogP contribution >= 0.6 is 0 Å². The average molecular weight is 286 g/mol. The number of benzene rings is 1. The molecule has 1 aliphatic carbocycles. The minimum Gasteiger partial charge on any atom is -0.310 e. The van der Waals surface area contributed by atoms with Crippen LogP contribution in [0.5, 0.6) is 0 Å². The molecule has 0 aromatic heterocycles. The first-order valence-electron chi connectivity index (χ1n) is 8.40. The fourth-order valence-electron chi connectivity index (χ4n) is 3.43. The lowest BCUT2D eigenvalue weighted by atomic mass is 9.83. The largest absolute Gasteiger partial charge is 0.310 e. The maximum Gasteiger partial charge on any atom is 0.0473 e. The van der Waals surface area contributed by atoms with Crippen LogP contribution in [-0.2, 0) is 0 Å². The molecule has 2 nitrogen and oxygen atoms in total. The summed E-state index contributed by atoms with van der Waals surface area (Å²) in [5, 5.41) is 3.80. The summed E-state index contributed by atoms with van der Waals surface area (Å²) >= 11 is 0. The second-order valence-corrected chi connectivity index (χ2v) is 8.49. The molecule has 1 saturated heterocycles. The van der Waals surface area contributed by atoms with Crippen LogP contribution in [0.2, 0.25) is 0 Å². The molecule has 1 saturated carbocycles. The van der Waals surface area contributed by atoms with Gasteiger partial charge in [0.1, 0.15) is 0 Å². The summed E-state index contributed by atoms with van der Waals surface area (Å²) in [6.45, 7) is 13.0. The second-order valence-electron chi connectivity index (χ2n) is 8.49. The van der Waals surface area contributed by atoms with Crippen molar-refractivity contribution in [3.05, 3.63) is 35.9 Å². The first-order valence-corrected chi connectivity index (χ1v) is 8.40. The lowest BCUT2D eigenvalue weighted by Gasteiger charge is -2.46. The van der Waals surface area contributed by atoms with Gasteiger partial charge in [0, 0.05) is 31.7 Å². The standard InChI is InChI=1S/C19H30N2/c1-18(2,3)17-13-21(14-19(4)10-11-19)16(12-20-17)15-8-6-5-7-9-15/h5-9,16-17,20H,10-14H2,1-4H3. The Morgan fingerprint density at radius 1 is 1.19 bits per heavy atom. The van der Waals surface area contributed by atoms with Crippen LogP contribution in [0.25, 0.3) is 0 Å². The Morgan fingerprint density at radius 3 is 2.43 bits per heavy atom. The van der Waals surface area contributed by atoms with E-state index in [1.807, 2.05) is 0 Å². The monoisotopic (exact) mass is 286 g/mol. The minimum absolute atomic E-state index is 0.324. The molecular weight excluding hydrogens is 256 g/mol. The van der Waals surface area contributed by atoms with Gasteiger partial charge in [-0.25, -0.2) is 0 Å². The minimum atomic E-state index is 0.324. The zero-order valence-electron chi connectivity index (χ0n) is 14.0. The van der Waals surface area contributed by atoms with E-state index in [9.17, 15) is 0 Å². The summed E-state index contributed by atoms with van der Waals surface area (Å²) in [6.07, 6.45) is 2.80. The highest BCUT2D eigenvalue weighted by atomic mass is 15.2. The normalized spacial score (nSPS) is 29.3. The predicted molar refractivity (Wildman–Crippen MR) is 89.3 cm³/mol. The van der Waals surface area contributed by atoms with Crippen LogP contribution in [-0.4, -0.2) is 30.6 Å². The molecular formula is C19H30N2. The second kappa shape index (κ2) is 5.40. The molecule has 1 N–H and O–H groups in total. The predicted octanol–water partition coefficient (Wildman–Crippen LogP) is 3.85. The van der Waals surface area contributed by atoms with Gasteiger partial charge in [-0.3, -0.25) is 4.90 Å². The van der Waals surface area contributed by atoms with Crippen LogP contribution in [0.4, 0.5) is 0 Å². The van der Waals surface area contributed by atoms with Gasteiger partial charge in [0.05, 0.1) is 0 Å². The van der Waals surface area contributed by atoms with E-state index in [2.05, 4.69) is 68.2 Å². The van der Waals surface area contributed by atoms with E-state index in [0.717, 1.165) is 6.54 Å². The van der Waals surface area contributed by atoms with Crippen molar-refractivity contribution < 1.29 is 0 Å². The summed E-state index contributed by atoms with van der Waals surface area (Å²) in [5.41, 5.74) is 2.36. The molecule has 1 heterocycles. The molecule has 1 aromatic rings. The van der Waals surface area contributed by atoms with Crippen molar-refractivity contribution in [1.29, 1.82) is 0 Å². The lowest BCUT2D eigenvalue weighted by Crippen LogP contribution is -2.57. The van der Waals surface area contributed by atoms with Crippen LogP contribution in [0.3, 0.4) is 0 Å². The summed E-state index contributed by atoms with van der Waals surface area (Å²) in [7, 11) is 0. The SMILES string of the molecule is CC1(CN2CC(C(C)(C)C)NCC2c2ccccc2)CC1. The summed E-state index contributed by atoms with van der Waals surface area (Å²) in [6, 6.07) is 12.1. The Hall–Kier alpha value is -0.860. The van der Waals surface area contributed by atoms with E-state index in [-0.39, 0.29) is 0 Å². The van der Waals surface area contributed by atoms with Gasteiger partial charge >= 0.3 is 0 Å². The number of rotatable bonds is 3. The Kier molecular flexibility index (Phi) is 3.87. The van der Waals surface area contributed by atoms with Crippen molar-refractivity contribution in [3.63, 3.8) is 0 Å². The van der Waals surface area contributed by atoms with Gasteiger partial charge in [0.2, 0.25) is 0 Å². The average Bonchev–Trinajstić information content (AvgIpc) is 3.16. The molecule has 2 unspecified atom stereocenters. The molecule has 116 valence electrons. The van der Waals surface area contributed by atoms with E-state index in [4.69, 9.17) is 0 Å². The molecule has 3 rings (SSSR count). The van der Waals surface area contributed by atoms with Gasteiger partial charge < -0.3 is 5.32 Å². The third-order valence-electron chi connectivity index (χ3n) is 5.33. The topological polar surface area (TPSA) is 15.3 Å². The third-order valence-corrected chi connectivity index (χ3v) is 5.33. The van der Waals surface area contributed by atoms with Crippen LogP contribution in [0.15, 0.2) is 30.3 Å². The van der Waals surface area contributed by atoms with E-state index < -0.39 is 0 Å². The van der Waals surface area contributed by atoms with Gasteiger partial charge in [-0.2, -0.15) is 0 Å². The third kappa shape index (κ3) is 3.49. The van der Waals surface area contributed by atoms with Gasteiger partial charge in [-0.05, 0) is 29.2 Å². The summed E-state index contributed by atoms with van der Waals surface area (Å²) < 4.78 is 0. The van der Waals surface area contributed by atoms with Crippen molar-refractivity contribution in [2.75, 3.05) is 19.6 Å². The fraction of sp³-hybridized carbons (Fsp3) is 0.684. The van der Waals surface area contributed by atoms with Crippen LogP contribution < -0.4 is 5.32 Å². The quantitative estimate of drug-likeness (QED) is 0.908. The number of nitrogens with one attached hydrogen (secondary N) is 1. The molecule has 1 aromatic carbocycles. The Bertz CT molecular complexity index is 470. The Morgan fingerprint density at radius 2 is 1.86 bits per heavy atom. The molecule has 2 fully saturated rings. The van der Waals surface area contributed by atoms with Gasteiger partial charge in [-0.1, -0.05) is 58.0 Å². The lowest BCUT2D eigenvalue weighted by molar-refractivity contribution is 0.0699. The van der Waals surface area contributed by atoms with E-state index in [0.29, 0.717) is 22.9 Å². The highest BCUT2D eigenvalue weighted by molar-refractivity contribution is 5.21. The first-order chi connectivity index (χ1) is 9.87. The molecule has 2 atom stereocenters. The number of hydrogen-bond acceptors (Lipinski definition) is 2. The van der Waals surface area contributed by atoms with E-state index in [1.54, 1.807) is 0 Å². The van der Waals surface area contributed by atoms with E-state index in [1.165, 1.54) is 31.5 Å². The Labute approximate surface area is 129 Å². The van der Waals surface area contributed by atoms with Gasteiger partial charge in [0.25, 0.3) is 0 Å². The van der Waals surface area contributed by atoms with Crippen LogP contribution in [0.1, 0.15) is 52.1 Å². The highest BCUT2D eigenvalue weighted by Gasteiger charge is 2.43. The molecule has 2 aliphatic rings. The Balaban J connectivity index is 1.79. The van der Waals surface area contributed by atoms with Crippen molar-refractivity contribution in [3.8, 4) is 0 Å². The summed E-state index contributed by atoms with van der Waals surface area (Å²) in [5.74, 6) is 0.